The number of nitro groups is 1. The number of rotatable bonds is 4. The van der Waals surface area contributed by atoms with E-state index in [1.807, 2.05) is 18.2 Å². The van der Waals surface area contributed by atoms with Gasteiger partial charge in [0.25, 0.3) is 5.69 Å². The Hall–Kier alpha value is -2.76. The van der Waals surface area contributed by atoms with Crippen molar-refractivity contribution in [3.05, 3.63) is 57.6 Å². The number of fused-ring (bicyclic) bond motifs is 7. The number of ether oxygens (including phenoxy) is 2. The van der Waals surface area contributed by atoms with Gasteiger partial charge in [0.05, 0.1) is 25.2 Å². The van der Waals surface area contributed by atoms with Crippen molar-refractivity contribution in [3.63, 3.8) is 0 Å². The van der Waals surface area contributed by atoms with Gasteiger partial charge in [0.2, 0.25) is 0 Å². The van der Waals surface area contributed by atoms with Crippen molar-refractivity contribution in [1.29, 1.82) is 0 Å². The van der Waals surface area contributed by atoms with Crippen LogP contribution in [0.15, 0.2) is 36.4 Å². The van der Waals surface area contributed by atoms with Gasteiger partial charge in [-0.2, -0.15) is 0 Å². The molecule has 28 heavy (non-hydrogen) atoms. The number of methoxy groups -OCH3 is 2. The van der Waals surface area contributed by atoms with Gasteiger partial charge < -0.3 is 14.8 Å². The van der Waals surface area contributed by atoms with Crippen LogP contribution in [0.4, 0.5) is 11.4 Å². The Morgan fingerprint density at radius 3 is 2.64 bits per heavy atom. The Kier molecular flexibility index (Phi) is 3.96. The highest BCUT2D eigenvalue weighted by molar-refractivity contribution is 5.63. The van der Waals surface area contributed by atoms with Crippen LogP contribution in [0.1, 0.15) is 42.3 Å². The molecule has 2 bridgehead atoms. The highest BCUT2D eigenvalue weighted by Gasteiger charge is 2.54. The van der Waals surface area contributed by atoms with Crippen molar-refractivity contribution in [3.8, 4) is 11.5 Å². The maximum absolute atomic E-state index is 11.3. The molecule has 1 heterocycles. The number of hydrogen-bond donors (Lipinski definition) is 1. The summed E-state index contributed by atoms with van der Waals surface area (Å²) in [6.07, 6.45) is 3.67. The number of hydrogen-bond acceptors (Lipinski definition) is 5. The fourth-order valence-electron chi connectivity index (χ4n) is 6.05. The minimum absolute atomic E-state index is 0.110. The van der Waals surface area contributed by atoms with E-state index in [2.05, 4.69) is 11.4 Å². The second kappa shape index (κ2) is 6.40. The summed E-state index contributed by atoms with van der Waals surface area (Å²) in [4.78, 5) is 11.0. The molecule has 0 amide bonds. The molecule has 2 fully saturated rings. The molecule has 5 rings (SSSR count). The van der Waals surface area contributed by atoms with Gasteiger partial charge in [-0.25, -0.2) is 0 Å². The first kappa shape index (κ1) is 17.3. The monoisotopic (exact) mass is 380 g/mol. The van der Waals surface area contributed by atoms with Crippen molar-refractivity contribution in [2.45, 2.75) is 31.2 Å². The lowest BCUT2D eigenvalue weighted by Gasteiger charge is -2.43. The van der Waals surface area contributed by atoms with Crippen molar-refractivity contribution in [1.82, 2.24) is 0 Å². The summed E-state index contributed by atoms with van der Waals surface area (Å²) >= 11 is 0. The highest BCUT2D eigenvalue weighted by atomic mass is 16.6. The van der Waals surface area contributed by atoms with Crippen LogP contribution in [0, 0.1) is 27.9 Å². The lowest BCUT2D eigenvalue weighted by atomic mass is 9.68. The molecular weight excluding hydrogens is 356 g/mol. The van der Waals surface area contributed by atoms with Crippen LogP contribution in [0.2, 0.25) is 0 Å². The number of nitrogens with zero attached hydrogens (tertiary/aromatic N) is 1. The predicted octanol–water partition coefficient (Wildman–Crippen LogP) is 4.91. The lowest BCUT2D eigenvalue weighted by molar-refractivity contribution is -0.384. The molecule has 6 heteroatoms. The maximum atomic E-state index is 11.3. The SMILES string of the molecule is COc1cccc([C@@H]2Nc3ccc([N+](=O)[O-])cc3[C@H]3[C@H]4CC[C@H](C4)[C@@H]32)c1OC. The van der Waals surface area contributed by atoms with Crippen LogP contribution in [0.5, 0.6) is 11.5 Å². The van der Waals surface area contributed by atoms with E-state index in [0.717, 1.165) is 28.3 Å². The zero-order valence-corrected chi connectivity index (χ0v) is 16.1. The van der Waals surface area contributed by atoms with Gasteiger partial charge in [-0.3, -0.25) is 10.1 Å². The molecule has 1 N–H and O–H groups in total. The first-order valence-electron chi connectivity index (χ1n) is 9.88. The van der Waals surface area contributed by atoms with Gasteiger partial charge in [-0.05, 0) is 60.6 Å². The van der Waals surface area contributed by atoms with Gasteiger partial charge in [0.15, 0.2) is 11.5 Å². The summed E-state index contributed by atoms with van der Waals surface area (Å²) in [6.45, 7) is 0. The fraction of sp³-hybridized carbons (Fsp3) is 0.455. The highest BCUT2D eigenvalue weighted by Crippen LogP contribution is 2.64. The largest absolute Gasteiger partial charge is 0.493 e. The van der Waals surface area contributed by atoms with E-state index in [-0.39, 0.29) is 16.7 Å². The number of non-ortho nitro benzene ring substituents is 1. The van der Waals surface area contributed by atoms with Gasteiger partial charge in [0, 0.05) is 23.4 Å². The zero-order chi connectivity index (χ0) is 19.4. The molecule has 1 aliphatic heterocycles. The number of benzene rings is 2. The predicted molar refractivity (Wildman–Crippen MR) is 106 cm³/mol. The Labute approximate surface area is 164 Å². The van der Waals surface area contributed by atoms with E-state index in [9.17, 15) is 10.1 Å². The first-order valence-corrected chi connectivity index (χ1v) is 9.88. The average Bonchev–Trinajstić information content (AvgIpc) is 3.34. The van der Waals surface area contributed by atoms with Crippen LogP contribution in [-0.2, 0) is 0 Å². The number of nitrogens with one attached hydrogen (secondary N) is 1. The van der Waals surface area contributed by atoms with Crippen molar-refractivity contribution >= 4 is 11.4 Å². The van der Waals surface area contributed by atoms with Crippen molar-refractivity contribution in [2.75, 3.05) is 19.5 Å². The minimum atomic E-state index is -0.292. The Morgan fingerprint density at radius 1 is 1.07 bits per heavy atom. The smallest absolute Gasteiger partial charge is 0.269 e. The zero-order valence-electron chi connectivity index (χ0n) is 16.1. The molecule has 146 valence electrons. The molecule has 0 spiro atoms. The van der Waals surface area contributed by atoms with Crippen LogP contribution < -0.4 is 14.8 Å². The first-order chi connectivity index (χ1) is 13.6. The summed E-state index contributed by atoms with van der Waals surface area (Å²) in [7, 11) is 3.34. The van der Waals surface area contributed by atoms with E-state index in [0.29, 0.717) is 23.7 Å². The molecule has 2 aliphatic carbocycles. The Morgan fingerprint density at radius 2 is 1.89 bits per heavy atom. The molecule has 2 aromatic rings. The molecule has 0 unspecified atom stereocenters. The molecule has 2 saturated carbocycles. The van der Waals surface area contributed by atoms with E-state index in [1.165, 1.54) is 19.3 Å². The summed E-state index contributed by atoms with van der Waals surface area (Å²) in [5.41, 5.74) is 3.41. The second-order valence-corrected chi connectivity index (χ2v) is 8.17. The van der Waals surface area contributed by atoms with Crippen molar-refractivity contribution in [2.24, 2.45) is 17.8 Å². The number of anilines is 1. The maximum Gasteiger partial charge on any atom is 0.269 e. The molecule has 0 saturated heterocycles. The molecule has 5 atom stereocenters. The number of nitro benzene ring substituents is 1. The van der Waals surface area contributed by atoms with Gasteiger partial charge >= 0.3 is 0 Å². The summed E-state index contributed by atoms with van der Waals surface area (Å²) in [5.74, 6) is 3.52. The molecule has 2 aromatic carbocycles. The topological polar surface area (TPSA) is 73.6 Å². The Bertz CT molecular complexity index is 944. The fourth-order valence-corrected chi connectivity index (χ4v) is 6.05. The van der Waals surface area contributed by atoms with Crippen LogP contribution in [0.25, 0.3) is 0 Å². The quantitative estimate of drug-likeness (QED) is 0.603. The third kappa shape index (κ3) is 2.40. The third-order valence-electron chi connectivity index (χ3n) is 7.05. The van der Waals surface area contributed by atoms with Crippen LogP contribution >= 0.6 is 0 Å². The molecule has 3 aliphatic rings. The van der Waals surface area contributed by atoms with E-state index >= 15 is 0 Å². The van der Waals surface area contributed by atoms with Gasteiger partial charge in [-0.1, -0.05) is 12.1 Å². The summed E-state index contributed by atoms with van der Waals surface area (Å²) in [6, 6.07) is 11.4. The molecule has 0 radical (unpaired) electrons. The lowest BCUT2D eigenvalue weighted by Crippen LogP contribution is -2.35. The molecule has 0 aromatic heterocycles. The standard InChI is InChI=1S/C22H24N2O4/c1-27-18-5-3-4-15(22(18)28-2)21-20-13-7-6-12(10-13)19(20)16-11-14(24(25)26)8-9-17(16)23-21/h3-5,8-9,11-13,19-21,23H,6-7,10H2,1-2H3/t12-,13+,19+,20-,21-/m0/s1. The van der Waals surface area contributed by atoms with Gasteiger partial charge in [0.1, 0.15) is 0 Å². The van der Waals surface area contributed by atoms with E-state index in [4.69, 9.17) is 9.47 Å². The third-order valence-corrected chi connectivity index (χ3v) is 7.05. The molecular formula is C22H24N2O4. The number of para-hydroxylation sites is 1. The van der Waals surface area contributed by atoms with Crippen LogP contribution in [0.3, 0.4) is 0 Å². The van der Waals surface area contributed by atoms with E-state index in [1.54, 1.807) is 26.4 Å². The average molecular weight is 380 g/mol. The minimum Gasteiger partial charge on any atom is -0.493 e. The summed E-state index contributed by atoms with van der Waals surface area (Å²) in [5, 5.41) is 15.0. The summed E-state index contributed by atoms with van der Waals surface area (Å²) < 4.78 is 11.3. The van der Waals surface area contributed by atoms with Crippen molar-refractivity contribution < 1.29 is 14.4 Å². The molecule has 6 nitrogen and oxygen atoms in total. The second-order valence-electron chi connectivity index (χ2n) is 8.17. The van der Waals surface area contributed by atoms with E-state index < -0.39 is 0 Å². The normalized spacial score (nSPS) is 29.6. The Balaban J connectivity index is 1.65. The van der Waals surface area contributed by atoms with Crippen LogP contribution in [-0.4, -0.2) is 19.1 Å². The van der Waals surface area contributed by atoms with Gasteiger partial charge in [-0.15, -0.1) is 0 Å².